The zero-order valence-electron chi connectivity index (χ0n) is 20.5. The molecule has 184 valence electrons. The average Bonchev–Trinajstić information content (AvgIpc) is 2.91. The first-order valence-electron chi connectivity index (χ1n) is 12.3. The maximum absolute atomic E-state index is 12.6. The number of hydrazine groups is 1. The maximum Gasteiger partial charge on any atom is 0.279 e. The summed E-state index contributed by atoms with van der Waals surface area (Å²) >= 11 is 0. The predicted molar refractivity (Wildman–Crippen MR) is 138 cm³/mol. The first-order chi connectivity index (χ1) is 17.1. The van der Waals surface area contributed by atoms with E-state index >= 15 is 0 Å². The molecule has 0 bridgehead atoms. The van der Waals surface area contributed by atoms with Gasteiger partial charge in [-0.25, -0.2) is 0 Å². The summed E-state index contributed by atoms with van der Waals surface area (Å²) in [6.07, 6.45) is 4.28. The van der Waals surface area contributed by atoms with E-state index < -0.39 is 17.9 Å². The van der Waals surface area contributed by atoms with Crippen molar-refractivity contribution in [1.82, 2.24) is 10.9 Å². The van der Waals surface area contributed by atoms with E-state index in [-0.39, 0.29) is 0 Å². The third-order valence-electron chi connectivity index (χ3n) is 5.59. The number of benzene rings is 3. The molecule has 6 nitrogen and oxygen atoms in total. The SMILES string of the molecule is CCCCCCOc1ccc(C(=O)NNC(=O)C(CC)Oc2ccc(-c3ccccc3)cc2)cc1. The Hall–Kier alpha value is -3.80. The second-order valence-electron chi connectivity index (χ2n) is 8.28. The molecule has 0 saturated carbocycles. The van der Waals surface area contributed by atoms with E-state index in [0.29, 0.717) is 24.3 Å². The summed E-state index contributed by atoms with van der Waals surface area (Å²) in [4.78, 5) is 25.0. The summed E-state index contributed by atoms with van der Waals surface area (Å²) in [7, 11) is 0. The predicted octanol–water partition coefficient (Wildman–Crippen LogP) is 5.93. The molecule has 3 aromatic carbocycles. The van der Waals surface area contributed by atoms with Crippen LogP contribution in [0.25, 0.3) is 11.1 Å². The van der Waals surface area contributed by atoms with Gasteiger partial charge in [-0.15, -0.1) is 0 Å². The van der Waals surface area contributed by atoms with Crippen molar-refractivity contribution >= 4 is 11.8 Å². The van der Waals surface area contributed by atoms with E-state index in [1.165, 1.54) is 12.8 Å². The van der Waals surface area contributed by atoms with Crippen LogP contribution in [0, 0.1) is 0 Å². The molecule has 3 aromatic rings. The fourth-order valence-corrected chi connectivity index (χ4v) is 3.54. The molecule has 0 radical (unpaired) electrons. The Morgan fingerprint density at radius 2 is 1.40 bits per heavy atom. The Labute approximate surface area is 207 Å². The van der Waals surface area contributed by atoms with Crippen LogP contribution in [0.15, 0.2) is 78.9 Å². The lowest BCUT2D eigenvalue weighted by Gasteiger charge is -2.18. The minimum atomic E-state index is -0.735. The summed E-state index contributed by atoms with van der Waals surface area (Å²) < 4.78 is 11.6. The summed E-state index contributed by atoms with van der Waals surface area (Å²) in [6.45, 7) is 4.69. The average molecular weight is 475 g/mol. The fourth-order valence-electron chi connectivity index (χ4n) is 3.54. The van der Waals surface area contributed by atoms with Gasteiger partial charge in [0, 0.05) is 5.56 Å². The normalized spacial score (nSPS) is 11.4. The molecule has 2 N–H and O–H groups in total. The lowest BCUT2D eigenvalue weighted by Crippen LogP contribution is -2.47. The molecule has 0 aromatic heterocycles. The van der Waals surface area contributed by atoms with E-state index in [9.17, 15) is 9.59 Å². The van der Waals surface area contributed by atoms with Gasteiger partial charge >= 0.3 is 0 Å². The minimum absolute atomic E-state index is 0.407. The van der Waals surface area contributed by atoms with Crippen molar-refractivity contribution in [2.45, 2.75) is 52.1 Å². The molecule has 0 aliphatic carbocycles. The number of hydrogen-bond donors (Lipinski definition) is 2. The van der Waals surface area contributed by atoms with Crippen LogP contribution in [0.1, 0.15) is 56.3 Å². The second kappa shape index (κ2) is 13.8. The minimum Gasteiger partial charge on any atom is -0.494 e. The highest BCUT2D eigenvalue weighted by Gasteiger charge is 2.19. The zero-order chi connectivity index (χ0) is 24.9. The number of amides is 2. The van der Waals surface area contributed by atoms with Gasteiger partial charge in [-0.2, -0.15) is 0 Å². The summed E-state index contributed by atoms with van der Waals surface area (Å²) in [6, 6.07) is 24.5. The van der Waals surface area contributed by atoms with Crippen LogP contribution in [0.2, 0.25) is 0 Å². The quantitative estimate of drug-likeness (QED) is 0.252. The van der Waals surface area contributed by atoms with Gasteiger partial charge < -0.3 is 9.47 Å². The third kappa shape index (κ3) is 8.18. The molecule has 3 rings (SSSR count). The molecular weight excluding hydrogens is 440 g/mol. The molecule has 35 heavy (non-hydrogen) atoms. The number of rotatable bonds is 12. The zero-order valence-corrected chi connectivity index (χ0v) is 20.5. The highest BCUT2D eigenvalue weighted by Crippen LogP contribution is 2.23. The Bertz CT molecular complexity index is 1050. The number of nitrogens with one attached hydrogen (secondary N) is 2. The van der Waals surface area contributed by atoms with Gasteiger partial charge in [0.05, 0.1) is 6.61 Å². The smallest absolute Gasteiger partial charge is 0.279 e. The summed E-state index contributed by atoms with van der Waals surface area (Å²) in [5, 5.41) is 0. The lowest BCUT2D eigenvalue weighted by molar-refractivity contribution is -0.128. The van der Waals surface area contributed by atoms with Crippen molar-refractivity contribution in [2.75, 3.05) is 6.61 Å². The van der Waals surface area contributed by atoms with Crippen LogP contribution in [0.3, 0.4) is 0 Å². The van der Waals surface area contributed by atoms with Crippen molar-refractivity contribution in [2.24, 2.45) is 0 Å². The Morgan fingerprint density at radius 3 is 2.06 bits per heavy atom. The molecule has 2 amide bonds. The molecular formula is C29H34N2O4. The van der Waals surface area contributed by atoms with Crippen molar-refractivity contribution < 1.29 is 19.1 Å². The molecule has 0 saturated heterocycles. The molecule has 6 heteroatoms. The Morgan fingerprint density at radius 1 is 0.743 bits per heavy atom. The van der Waals surface area contributed by atoms with Crippen LogP contribution < -0.4 is 20.3 Å². The number of ether oxygens (including phenoxy) is 2. The summed E-state index contributed by atoms with van der Waals surface area (Å²) in [5.41, 5.74) is 7.52. The van der Waals surface area contributed by atoms with E-state index in [1.807, 2.05) is 61.5 Å². The standard InChI is InChI=1S/C29H34N2O4/c1-3-5-6-10-21-34-25-17-15-24(16-18-25)28(32)30-31-29(33)27(4-2)35-26-19-13-23(14-20-26)22-11-8-7-9-12-22/h7-9,11-20,27H,3-6,10,21H2,1-2H3,(H,30,32)(H,31,33). The van der Waals surface area contributed by atoms with Crippen molar-refractivity contribution in [3.05, 3.63) is 84.4 Å². The third-order valence-corrected chi connectivity index (χ3v) is 5.59. The number of unbranched alkanes of at least 4 members (excludes halogenated alkanes) is 3. The van der Waals surface area contributed by atoms with Crippen molar-refractivity contribution in [3.63, 3.8) is 0 Å². The fraction of sp³-hybridized carbons (Fsp3) is 0.310. The molecule has 0 fully saturated rings. The number of carbonyl (C=O) groups is 2. The van der Waals surface area contributed by atoms with Crippen LogP contribution in [-0.4, -0.2) is 24.5 Å². The van der Waals surface area contributed by atoms with Gasteiger partial charge in [0.2, 0.25) is 0 Å². The van der Waals surface area contributed by atoms with E-state index in [2.05, 4.69) is 17.8 Å². The molecule has 1 unspecified atom stereocenters. The highest BCUT2D eigenvalue weighted by atomic mass is 16.5. The van der Waals surface area contributed by atoms with Gasteiger partial charge in [0.15, 0.2) is 6.10 Å². The monoisotopic (exact) mass is 474 g/mol. The summed E-state index contributed by atoms with van der Waals surface area (Å²) in [5.74, 6) is 0.484. The van der Waals surface area contributed by atoms with Crippen LogP contribution in [0.5, 0.6) is 11.5 Å². The van der Waals surface area contributed by atoms with Gasteiger partial charge in [0.1, 0.15) is 11.5 Å². The first kappa shape index (κ1) is 25.8. The second-order valence-corrected chi connectivity index (χ2v) is 8.28. The van der Waals surface area contributed by atoms with Crippen molar-refractivity contribution in [1.29, 1.82) is 0 Å². The maximum atomic E-state index is 12.6. The molecule has 0 aliphatic rings. The largest absolute Gasteiger partial charge is 0.494 e. The molecule has 0 aliphatic heterocycles. The van der Waals surface area contributed by atoms with E-state index in [4.69, 9.17) is 9.47 Å². The van der Waals surface area contributed by atoms with E-state index in [1.54, 1.807) is 24.3 Å². The van der Waals surface area contributed by atoms with Gasteiger partial charge in [-0.05, 0) is 60.4 Å². The van der Waals surface area contributed by atoms with Gasteiger partial charge in [-0.1, -0.05) is 75.6 Å². The Kier molecular flexibility index (Phi) is 10.2. The molecule has 0 heterocycles. The lowest BCUT2D eigenvalue weighted by atomic mass is 10.1. The number of carbonyl (C=O) groups excluding carboxylic acids is 2. The molecule has 0 spiro atoms. The van der Waals surface area contributed by atoms with Crippen LogP contribution in [-0.2, 0) is 4.79 Å². The first-order valence-corrected chi connectivity index (χ1v) is 12.3. The van der Waals surface area contributed by atoms with Gasteiger partial charge in [-0.3, -0.25) is 20.4 Å². The Balaban J connectivity index is 1.46. The van der Waals surface area contributed by atoms with Gasteiger partial charge in [0.25, 0.3) is 11.8 Å². The highest BCUT2D eigenvalue weighted by molar-refractivity contribution is 5.95. The van der Waals surface area contributed by atoms with E-state index in [0.717, 1.165) is 29.7 Å². The molecule has 1 atom stereocenters. The van der Waals surface area contributed by atoms with Crippen molar-refractivity contribution in [3.8, 4) is 22.6 Å². The topological polar surface area (TPSA) is 76.7 Å². The number of hydrogen-bond acceptors (Lipinski definition) is 4. The van der Waals surface area contributed by atoms with Crippen LogP contribution in [0.4, 0.5) is 0 Å². The van der Waals surface area contributed by atoms with Crippen LogP contribution >= 0.6 is 0 Å².